The van der Waals surface area contributed by atoms with Crippen LogP contribution in [0.2, 0.25) is 0 Å². The van der Waals surface area contributed by atoms with Gasteiger partial charge in [0.25, 0.3) is 0 Å². The summed E-state index contributed by atoms with van der Waals surface area (Å²) in [7, 11) is 0. The van der Waals surface area contributed by atoms with Crippen LogP contribution in [0.3, 0.4) is 0 Å². The monoisotopic (exact) mass is 244 g/mol. The van der Waals surface area contributed by atoms with Gasteiger partial charge in [-0.3, -0.25) is 0 Å². The average Bonchev–Trinajstić information content (AvgIpc) is 2.89. The molecule has 1 heterocycles. The molecule has 0 saturated heterocycles. The highest BCUT2D eigenvalue weighted by atomic mass is 16.3. The number of aliphatic hydroxyl groups is 1. The molecule has 1 aromatic carbocycles. The Kier molecular flexibility index (Phi) is 4.56. The number of benzene rings is 1. The van der Waals surface area contributed by atoms with Gasteiger partial charge in [0.05, 0.1) is 12.6 Å². The summed E-state index contributed by atoms with van der Waals surface area (Å²) in [6.07, 6.45) is 4.21. The Labute approximate surface area is 108 Å². The van der Waals surface area contributed by atoms with Crippen molar-refractivity contribution in [1.82, 2.24) is 9.88 Å². The van der Waals surface area contributed by atoms with E-state index in [1.165, 1.54) is 5.56 Å². The van der Waals surface area contributed by atoms with Crippen molar-refractivity contribution >= 4 is 0 Å². The molecule has 0 radical (unpaired) electrons. The molecule has 0 aliphatic heterocycles. The topological polar surface area (TPSA) is 37.2 Å². The van der Waals surface area contributed by atoms with Crippen molar-refractivity contribution < 1.29 is 5.11 Å². The molecule has 0 aliphatic carbocycles. The van der Waals surface area contributed by atoms with Crippen molar-refractivity contribution in [2.75, 3.05) is 6.61 Å². The van der Waals surface area contributed by atoms with Crippen LogP contribution < -0.4 is 5.32 Å². The van der Waals surface area contributed by atoms with Gasteiger partial charge in [-0.25, -0.2) is 0 Å². The number of nitrogens with one attached hydrogen (secondary N) is 1. The highest BCUT2D eigenvalue weighted by Crippen LogP contribution is 2.12. The summed E-state index contributed by atoms with van der Waals surface area (Å²) in [5.74, 6) is 0. The van der Waals surface area contributed by atoms with E-state index in [2.05, 4.69) is 35.3 Å². The quantitative estimate of drug-likeness (QED) is 0.818. The number of aromatic nitrogens is 1. The van der Waals surface area contributed by atoms with Crippen molar-refractivity contribution in [2.24, 2.45) is 0 Å². The van der Waals surface area contributed by atoms with E-state index >= 15 is 0 Å². The number of aryl methyl sites for hydroxylation is 1. The Bertz CT molecular complexity index is 464. The van der Waals surface area contributed by atoms with E-state index < -0.39 is 0 Å². The van der Waals surface area contributed by atoms with Gasteiger partial charge in [-0.2, -0.15) is 0 Å². The number of hydrogen-bond acceptors (Lipinski definition) is 2. The lowest BCUT2D eigenvalue weighted by Gasteiger charge is -2.16. The maximum Gasteiger partial charge on any atom is 0.0626 e. The first-order chi connectivity index (χ1) is 8.83. The molecular weight excluding hydrogens is 224 g/mol. The lowest BCUT2D eigenvalue weighted by atomic mass is 10.1. The van der Waals surface area contributed by atoms with E-state index in [4.69, 9.17) is 0 Å². The zero-order valence-corrected chi connectivity index (χ0v) is 10.7. The van der Waals surface area contributed by atoms with Crippen LogP contribution in [0, 0.1) is 0 Å². The van der Waals surface area contributed by atoms with Crippen molar-refractivity contribution in [2.45, 2.75) is 26.1 Å². The third-order valence-electron chi connectivity index (χ3n) is 3.11. The summed E-state index contributed by atoms with van der Waals surface area (Å²) in [4.78, 5) is 0. The smallest absolute Gasteiger partial charge is 0.0626 e. The molecule has 0 saturated carbocycles. The van der Waals surface area contributed by atoms with Crippen molar-refractivity contribution in [1.29, 1.82) is 0 Å². The molecule has 0 aliphatic rings. The molecule has 0 bridgehead atoms. The van der Waals surface area contributed by atoms with Gasteiger partial charge >= 0.3 is 0 Å². The molecule has 3 heteroatoms. The number of aliphatic hydroxyl groups excluding tert-OH is 1. The van der Waals surface area contributed by atoms with Crippen LogP contribution in [0.5, 0.6) is 0 Å². The van der Waals surface area contributed by atoms with Crippen molar-refractivity contribution in [3.8, 4) is 0 Å². The third kappa shape index (κ3) is 3.22. The second-order valence-electron chi connectivity index (χ2n) is 4.38. The van der Waals surface area contributed by atoms with Crippen LogP contribution >= 0.6 is 0 Å². The van der Waals surface area contributed by atoms with Gasteiger partial charge < -0.3 is 15.0 Å². The molecule has 18 heavy (non-hydrogen) atoms. The zero-order valence-electron chi connectivity index (χ0n) is 10.7. The fraction of sp³-hybridized carbons (Fsp3) is 0.333. The van der Waals surface area contributed by atoms with Gasteiger partial charge in [-0.1, -0.05) is 30.3 Å². The van der Waals surface area contributed by atoms with E-state index in [-0.39, 0.29) is 12.6 Å². The maximum absolute atomic E-state index is 9.44. The molecule has 96 valence electrons. The molecule has 0 amide bonds. The van der Waals surface area contributed by atoms with E-state index in [0.717, 1.165) is 18.7 Å². The van der Waals surface area contributed by atoms with Gasteiger partial charge in [0, 0.05) is 25.5 Å². The lowest BCUT2D eigenvalue weighted by molar-refractivity contribution is 0.243. The minimum atomic E-state index is -0.00354. The van der Waals surface area contributed by atoms with Crippen LogP contribution in [0.1, 0.15) is 24.1 Å². The fourth-order valence-corrected chi connectivity index (χ4v) is 2.01. The zero-order chi connectivity index (χ0) is 12.8. The first kappa shape index (κ1) is 12.9. The van der Waals surface area contributed by atoms with Gasteiger partial charge in [0.1, 0.15) is 0 Å². The fourth-order valence-electron chi connectivity index (χ4n) is 2.01. The normalized spacial score (nSPS) is 12.6. The predicted octanol–water partition coefficient (Wildman–Crippen LogP) is 2.33. The second kappa shape index (κ2) is 6.38. The van der Waals surface area contributed by atoms with E-state index in [1.807, 2.05) is 30.3 Å². The van der Waals surface area contributed by atoms with Gasteiger partial charge in [0.15, 0.2) is 0 Å². The minimum Gasteiger partial charge on any atom is -0.394 e. The highest BCUT2D eigenvalue weighted by molar-refractivity contribution is 5.19. The first-order valence-corrected chi connectivity index (χ1v) is 6.37. The minimum absolute atomic E-state index is 0.00354. The standard InChI is InChI=1S/C15H20N2O/c1-2-17-9-8-13(11-17)10-16-15(12-18)14-6-4-3-5-7-14/h3-9,11,15-16,18H,2,10,12H2,1H3/t15-/m0/s1. The first-order valence-electron chi connectivity index (χ1n) is 6.37. The molecule has 2 aromatic rings. The molecule has 2 N–H and O–H groups in total. The summed E-state index contributed by atoms with van der Waals surface area (Å²) in [6, 6.07) is 12.1. The molecule has 3 nitrogen and oxygen atoms in total. The second-order valence-corrected chi connectivity index (χ2v) is 4.38. The molecular formula is C15H20N2O. The summed E-state index contributed by atoms with van der Waals surface area (Å²) < 4.78 is 2.15. The van der Waals surface area contributed by atoms with Crippen molar-refractivity contribution in [3.63, 3.8) is 0 Å². The Morgan fingerprint density at radius 1 is 1.22 bits per heavy atom. The average molecular weight is 244 g/mol. The Hall–Kier alpha value is -1.58. The Balaban J connectivity index is 1.95. The van der Waals surface area contributed by atoms with Crippen LogP contribution in [-0.4, -0.2) is 16.3 Å². The number of rotatable bonds is 6. The predicted molar refractivity (Wildman–Crippen MR) is 73.2 cm³/mol. The van der Waals surface area contributed by atoms with E-state index in [9.17, 15) is 5.11 Å². The molecule has 2 rings (SSSR count). The van der Waals surface area contributed by atoms with E-state index in [0.29, 0.717) is 0 Å². The molecule has 0 unspecified atom stereocenters. The number of hydrogen-bond donors (Lipinski definition) is 2. The lowest BCUT2D eigenvalue weighted by Crippen LogP contribution is -2.23. The molecule has 1 atom stereocenters. The third-order valence-corrected chi connectivity index (χ3v) is 3.11. The van der Waals surface area contributed by atoms with E-state index in [1.54, 1.807) is 0 Å². The van der Waals surface area contributed by atoms with Crippen LogP contribution in [0.15, 0.2) is 48.8 Å². The molecule has 0 fully saturated rings. The number of nitrogens with zero attached hydrogens (tertiary/aromatic N) is 1. The highest BCUT2D eigenvalue weighted by Gasteiger charge is 2.09. The van der Waals surface area contributed by atoms with Crippen LogP contribution in [-0.2, 0) is 13.1 Å². The van der Waals surface area contributed by atoms with Gasteiger partial charge in [-0.05, 0) is 24.1 Å². The molecule has 0 spiro atoms. The Morgan fingerprint density at radius 2 is 2.00 bits per heavy atom. The Morgan fingerprint density at radius 3 is 2.61 bits per heavy atom. The van der Waals surface area contributed by atoms with Gasteiger partial charge in [-0.15, -0.1) is 0 Å². The summed E-state index contributed by atoms with van der Waals surface area (Å²) in [5.41, 5.74) is 2.36. The summed E-state index contributed by atoms with van der Waals surface area (Å²) >= 11 is 0. The van der Waals surface area contributed by atoms with Crippen LogP contribution in [0.25, 0.3) is 0 Å². The molecule has 1 aromatic heterocycles. The summed E-state index contributed by atoms with van der Waals surface area (Å²) in [5, 5.41) is 12.8. The largest absolute Gasteiger partial charge is 0.394 e. The SMILES string of the molecule is CCn1ccc(CN[C@@H](CO)c2ccccc2)c1. The summed E-state index contributed by atoms with van der Waals surface area (Å²) in [6.45, 7) is 3.99. The van der Waals surface area contributed by atoms with Crippen molar-refractivity contribution in [3.05, 3.63) is 59.9 Å². The van der Waals surface area contributed by atoms with Crippen LogP contribution in [0.4, 0.5) is 0 Å². The maximum atomic E-state index is 9.44. The van der Waals surface area contributed by atoms with Gasteiger partial charge in [0.2, 0.25) is 0 Å².